The number of rotatable bonds is 5. The molecule has 0 radical (unpaired) electrons. The van der Waals surface area contributed by atoms with Crippen molar-refractivity contribution in [2.45, 2.75) is 39.7 Å². The smallest absolute Gasteiger partial charge is 0.260 e. The van der Waals surface area contributed by atoms with Crippen LogP contribution in [-0.4, -0.2) is 64.0 Å². The minimum atomic E-state index is -0.233. The number of ether oxygens (including phenoxy) is 1. The van der Waals surface area contributed by atoms with Crippen LogP contribution in [0.2, 0.25) is 0 Å². The van der Waals surface area contributed by atoms with E-state index >= 15 is 0 Å². The van der Waals surface area contributed by atoms with Gasteiger partial charge >= 0.3 is 0 Å². The average molecular weight is 435 g/mol. The highest BCUT2D eigenvalue weighted by Gasteiger charge is 2.31. The normalized spacial score (nSPS) is 18.7. The Morgan fingerprint density at radius 2 is 2.06 bits per heavy atom. The molecule has 1 N–H and O–H groups in total. The quantitative estimate of drug-likeness (QED) is 0.664. The van der Waals surface area contributed by atoms with Crippen molar-refractivity contribution in [3.8, 4) is 5.75 Å². The van der Waals surface area contributed by atoms with Crippen LogP contribution in [0.3, 0.4) is 0 Å². The van der Waals surface area contributed by atoms with Gasteiger partial charge in [-0.1, -0.05) is 0 Å². The highest BCUT2D eigenvalue weighted by atomic mass is 16.5. The lowest BCUT2D eigenvalue weighted by molar-refractivity contribution is 0.102. The number of carbonyl (C=O) groups excluding carboxylic acids is 1. The van der Waals surface area contributed by atoms with E-state index in [4.69, 9.17) is 4.74 Å². The number of aromatic nitrogens is 3. The van der Waals surface area contributed by atoms with E-state index in [1.54, 1.807) is 6.20 Å². The summed E-state index contributed by atoms with van der Waals surface area (Å²) in [7, 11) is 0. The standard InChI is InChI=1S/C24H30N6O2/c1-4-32-21-12-18(29-11-10-28-9-5-6-19(28)14-29)7-8-20(21)24(31)27-22-15-30-13-16(2)25-23(30)17(3)26-22/h7-8,12-13,15,19H,4-6,9-11,14H2,1-3H3,(H,27,31)/t19-/m0/s1. The molecule has 0 aliphatic carbocycles. The number of nitrogens with one attached hydrogen (secondary N) is 1. The van der Waals surface area contributed by atoms with Crippen LogP contribution in [0.15, 0.2) is 30.6 Å². The zero-order chi connectivity index (χ0) is 22.2. The van der Waals surface area contributed by atoms with Crippen molar-refractivity contribution in [2.24, 2.45) is 0 Å². The maximum Gasteiger partial charge on any atom is 0.260 e. The molecule has 4 heterocycles. The van der Waals surface area contributed by atoms with E-state index in [1.807, 2.05) is 49.6 Å². The van der Waals surface area contributed by atoms with Gasteiger partial charge in [-0.15, -0.1) is 0 Å². The number of amides is 1. The van der Waals surface area contributed by atoms with Gasteiger partial charge in [-0.25, -0.2) is 9.97 Å². The highest BCUT2D eigenvalue weighted by molar-refractivity contribution is 6.06. The molecule has 8 nitrogen and oxygen atoms in total. The van der Waals surface area contributed by atoms with E-state index in [2.05, 4.69) is 25.1 Å². The Labute approximate surface area is 188 Å². The van der Waals surface area contributed by atoms with E-state index in [0.717, 1.165) is 42.4 Å². The molecule has 0 spiro atoms. The van der Waals surface area contributed by atoms with Gasteiger partial charge in [-0.3, -0.25) is 9.69 Å². The van der Waals surface area contributed by atoms with Gasteiger partial charge in [-0.05, 0) is 52.3 Å². The van der Waals surface area contributed by atoms with Gasteiger partial charge in [0.15, 0.2) is 5.65 Å². The number of imidazole rings is 1. The van der Waals surface area contributed by atoms with E-state index < -0.39 is 0 Å². The summed E-state index contributed by atoms with van der Waals surface area (Å²) in [5.41, 5.74) is 4.09. The fourth-order valence-corrected chi connectivity index (χ4v) is 4.91. The summed E-state index contributed by atoms with van der Waals surface area (Å²) >= 11 is 0. The van der Waals surface area contributed by atoms with Crippen molar-refractivity contribution in [1.29, 1.82) is 0 Å². The average Bonchev–Trinajstić information content (AvgIpc) is 3.39. The molecule has 0 bridgehead atoms. The first-order chi connectivity index (χ1) is 15.5. The first-order valence-electron chi connectivity index (χ1n) is 11.4. The van der Waals surface area contributed by atoms with Crippen LogP contribution >= 0.6 is 0 Å². The second-order valence-electron chi connectivity index (χ2n) is 8.67. The van der Waals surface area contributed by atoms with Crippen LogP contribution < -0.4 is 15.0 Å². The zero-order valence-electron chi connectivity index (χ0n) is 19.0. The third-order valence-electron chi connectivity index (χ3n) is 6.43. The van der Waals surface area contributed by atoms with E-state index in [0.29, 0.717) is 29.8 Å². The van der Waals surface area contributed by atoms with Crippen LogP contribution in [0.4, 0.5) is 11.5 Å². The van der Waals surface area contributed by atoms with E-state index in [9.17, 15) is 4.79 Å². The molecule has 1 aromatic carbocycles. The van der Waals surface area contributed by atoms with Crippen molar-refractivity contribution in [3.05, 3.63) is 47.5 Å². The summed E-state index contributed by atoms with van der Waals surface area (Å²) < 4.78 is 7.77. The SMILES string of the molecule is CCOc1cc(N2CCN3CCC[C@H]3C2)ccc1C(=O)Nc1cn2cc(C)nc2c(C)n1. The van der Waals surface area contributed by atoms with Gasteiger partial charge < -0.3 is 19.4 Å². The zero-order valence-corrected chi connectivity index (χ0v) is 19.0. The number of anilines is 2. The van der Waals surface area contributed by atoms with Gasteiger partial charge in [0.1, 0.15) is 11.6 Å². The van der Waals surface area contributed by atoms with Gasteiger partial charge in [0.25, 0.3) is 5.91 Å². The molecule has 32 heavy (non-hydrogen) atoms. The monoisotopic (exact) mass is 434 g/mol. The van der Waals surface area contributed by atoms with Crippen LogP contribution in [0.25, 0.3) is 5.65 Å². The summed E-state index contributed by atoms with van der Waals surface area (Å²) in [6, 6.07) is 6.54. The van der Waals surface area contributed by atoms with Crippen molar-refractivity contribution in [1.82, 2.24) is 19.3 Å². The Hall–Kier alpha value is -3.13. The molecule has 0 saturated carbocycles. The summed E-state index contributed by atoms with van der Waals surface area (Å²) in [4.78, 5) is 27.1. The molecule has 2 aliphatic heterocycles. The number of fused-ring (bicyclic) bond motifs is 2. The summed E-state index contributed by atoms with van der Waals surface area (Å²) in [6.45, 7) is 10.6. The molecule has 5 rings (SSSR count). The Balaban J connectivity index is 1.38. The Kier molecular flexibility index (Phi) is 5.46. The summed E-state index contributed by atoms with van der Waals surface area (Å²) in [6.07, 6.45) is 6.27. The number of carbonyl (C=O) groups is 1. The molecule has 2 aliphatic rings. The maximum absolute atomic E-state index is 13.1. The van der Waals surface area contributed by atoms with Gasteiger partial charge in [-0.2, -0.15) is 0 Å². The molecule has 3 aromatic rings. The first kappa shape index (κ1) is 20.8. The molecule has 1 amide bonds. The maximum atomic E-state index is 13.1. The molecule has 2 fully saturated rings. The van der Waals surface area contributed by atoms with Crippen LogP contribution in [0, 0.1) is 13.8 Å². The van der Waals surface area contributed by atoms with Crippen molar-refractivity contribution >= 4 is 23.1 Å². The van der Waals surface area contributed by atoms with E-state index in [1.165, 1.54) is 19.4 Å². The first-order valence-corrected chi connectivity index (χ1v) is 11.4. The molecule has 2 saturated heterocycles. The predicted molar refractivity (Wildman–Crippen MR) is 125 cm³/mol. The number of benzene rings is 1. The summed E-state index contributed by atoms with van der Waals surface area (Å²) in [5, 5.41) is 2.93. The Morgan fingerprint density at radius 3 is 2.91 bits per heavy atom. The fourth-order valence-electron chi connectivity index (χ4n) is 4.91. The number of piperazine rings is 1. The largest absolute Gasteiger partial charge is 0.493 e. The Bertz CT molecular complexity index is 1160. The molecular formula is C24H30N6O2. The van der Waals surface area contributed by atoms with Gasteiger partial charge in [0, 0.05) is 43.6 Å². The van der Waals surface area contributed by atoms with Crippen LogP contribution in [0.5, 0.6) is 5.75 Å². The van der Waals surface area contributed by atoms with Crippen LogP contribution in [-0.2, 0) is 0 Å². The van der Waals surface area contributed by atoms with Crippen LogP contribution in [0.1, 0.15) is 41.5 Å². The lowest BCUT2D eigenvalue weighted by Crippen LogP contribution is -2.50. The third-order valence-corrected chi connectivity index (χ3v) is 6.43. The number of aryl methyl sites for hydroxylation is 2. The number of hydrogen-bond acceptors (Lipinski definition) is 6. The predicted octanol–water partition coefficient (Wildman–Crippen LogP) is 3.28. The van der Waals surface area contributed by atoms with E-state index in [-0.39, 0.29) is 5.91 Å². The molecule has 1 atom stereocenters. The second kappa shape index (κ2) is 8.43. The molecule has 0 unspecified atom stereocenters. The lowest BCUT2D eigenvalue weighted by atomic mass is 10.1. The number of nitrogens with zero attached hydrogens (tertiary/aromatic N) is 5. The highest BCUT2D eigenvalue weighted by Crippen LogP contribution is 2.30. The third kappa shape index (κ3) is 3.90. The van der Waals surface area contributed by atoms with Gasteiger partial charge in [0.2, 0.25) is 0 Å². The molecule has 168 valence electrons. The topological polar surface area (TPSA) is 75.0 Å². The minimum Gasteiger partial charge on any atom is -0.493 e. The fraction of sp³-hybridized carbons (Fsp3) is 0.458. The van der Waals surface area contributed by atoms with Gasteiger partial charge in [0.05, 0.1) is 29.8 Å². The Morgan fingerprint density at radius 1 is 1.19 bits per heavy atom. The molecule has 8 heteroatoms. The minimum absolute atomic E-state index is 0.233. The lowest BCUT2D eigenvalue weighted by Gasteiger charge is -2.39. The van der Waals surface area contributed by atoms with Crippen molar-refractivity contribution in [2.75, 3.05) is 43.0 Å². The molecule has 2 aromatic heterocycles. The summed E-state index contributed by atoms with van der Waals surface area (Å²) in [5.74, 6) is 0.859. The van der Waals surface area contributed by atoms with Crippen molar-refractivity contribution in [3.63, 3.8) is 0 Å². The second-order valence-corrected chi connectivity index (χ2v) is 8.67. The molecular weight excluding hydrogens is 404 g/mol. The number of hydrogen-bond donors (Lipinski definition) is 1. The van der Waals surface area contributed by atoms with Crippen molar-refractivity contribution < 1.29 is 9.53 Å².